The first-order chi connectivity index (χ1) is 10.2. The normalized spacial score (nSPS) is 19.9. The van der Waals surface area contributed by atoms with E-state index in [9.17, 15) is 0 Å². The van der Waals surface area contributed by atoms with Crippen LogP contribution in [-0.2, 0) is 0 Å². The van der Waals surface area contributed by atoms with E-state index in [-0.39, 0.29) is 0 Å². The Kier molecular flexibility index (Phi) is 6.50. The van der Waals surface area contributed by atoms with E-state index in [0.717, 1.165) is 12.4 Å². The summed E-state index contributed by atoms with van der Waals surface area (Å²) in [5.41, 5.74) is 1.40. The van der Waals surface area contributed by atoms with Crippen molar-refractivity contribution in [3.05, 3.63) is 23.9 Å². The number of likely N-dealkylation sites (tertiary alicyclic amines) is 1. The third-order valence-electron chi connectivity index (χ3n) is 4.29. The van der Waals surface area contributed by atoms with Crippen LogP contribution in [0.1, 0.15) is 64.5 Å². The highest BCUT2D eigenvalue weighted by Crippen LogP contribution is 2.34. The highest BCUT2D eigenvalue weighted by molar-refractivity contribution is 5.45. The Hall–Kier alpha value is -1.09. The van der Waals surface area contributed by atoms with E-state index in [4.69, 9.17) is 0 Å². The number of hydrogen-bond donors (Lipinski definition) is 1. The summed E-state index contributed by atoms with van der Waals surface area (Å²) in [5, 5.41) is 3.55. The molecule has 2 heterocycles. The van der Waals surface area contributed by atoms with Crippen LogP contribution < -0.4 is 5.32 Å². The topological polar surface area (TPSA) is 28.2 Å². The van der Waals surface area contributed by atoms with Crippen molar-refractivity contribution in [3.63, 3.8) is 0 Å². The molecule has 0 radical (unpaired) electrons. The van der Waals surface area contributed by atoms with Gasteiger partial charge >= 0.3 is 0 Å². The van der Waals surface area contributed by atoms with Gasteiger partial charge in [0.1, 0.15) is 5.82 Å². The Bertz CT molecular complexity index is 417. The van der Waals surface area contributed by atoms with Crippen molar-refractivity contribution in [2.75, 3.05) is 25.0 Å². The predicted molar refractivity (Wildman–Crippen MR) is 90.6 cm³/mol. The van der Waals surface area contributed by atoms with Gasteiger partial charge in [-0.2, -0.15) is 0 Å². The molecule has 0 unspecified atom stereocenters. The highest BCUT2D eigenvalue weighted by atomic mass is 15.2. The fraction of sp³-hybridized carbons (Fsp3) is 0.722. The van der Waals surface area contributed by atoms with E-state index in [1.165, 1.54) is 50.8 Å². The van der Waals surface area contributed by atoms with Gasteiger partial charge in [-0.25, -0.2) is 4.98 Å². The minimum Gasteiger partial charge on any atom is -0.370 e. The van der Waals surface area contributed by atoms with Crippen LogP contribution in [0.4, 0.5) is 5.82 Å². The first kappa shape index (κ1) is 16.3. The fourth-order valence-electron chi connectivity index (χ4n) is 3.11. The molecule has 21 heavy (non-hydrogen) atoms. The molecule has 1 N–H and O–H groups in total. The number of aromatic nitrogens is 1. The molecule has 1 aliphatic heterocycles. The number of nitrogens with one attached hydrogen (secondary N) is 1. The zero-order valence-electron chi connectivity index (χ0n) is 13.9. The van der Waals surface area contributed by atoms with Gasteiger partial charge in [-0.1, -0.05) is 39.7 Å². The maximum absolute atomic E-state index is 4.60. The third kappa shape index (κ3) is 4.70. The predicted octanol–water partition coefficient (Wildman–Crippen LogP) is 4.48. The average Bonchev–Trinajstić information content (AvgIpc) is 2.51. The lowest BCUT2D eigenvalue weighted by atomic mass is 9.95. The van der Waals surface area contributed by atoms with E-state index in [1.807, 2.05) is 6.20 Å². The largest absolute Gasteiger partial charge is 0.370 e. The van der Waals surface area contributed by atoms with Crippen molar-refractivity contribution in [2.45, 2.75) is 58.9 Å². The summed E-state index contributed by atoms with van der Waals surface area (Å²) in [7, 11) is 0. The molecule has 1 aromatic heterocycles. The lowest BCUT2D eigenvalue weighted by molar-refractivity contribution is 0.147. The van der Waals surface area contributed by atoms with Crippen LogP contribution >= 0.6 is 0 Å². The molecule has 0 spiro atoms. The van der Waals surface area contributed by atoms with Crippen LogP contribution in [0.2, 0.25) is 0 Å². The fourth-order valence-corrected chi connectivity index (χ4v) is 3.11. The van der Waals surface area contributed by atoms with Crippen molar-refractivity contribution in [3.8, 4) is 0 Å². The average molecular weight is 289 g/mol. The van der Waals surface area contributed by atoms with Gasteiger partial charge < -0.3 is 5.32 Å². The van der Waals surface area contributed by atoms with Gasteiger partial charge in [0.05, 0.1) is 0 Å². The minimum absolute atomic E-state index is 0.550. The lowest BCUT2D eigenvalue weighted by Gasteiger charge is -2.36. The molecule has 1 aromatic rings. The minimum atomic E-state index is 0.550. The van der Waals surface area contributed by atoms with Crippen LogP contribution in [0.15, 0.2) is 18.3 Å². The zero-order chi connectivity index (χ0) is 15.1. The van der Waals surface area contributed by atoms with Gasteiger partial charge in [-0.15, -0.1) is 0 Å². The molecule has 3 heteroatoms. The van der Waals surface area contributed by atoms with E-state index in [2.05, 4.69) is 48.1 Å². The number of rotatable bonds is 7. The van der Waals surface area contributed by atoms with Crippen molar-refractivity contribution >= 4 is 5.82 Å². The molecular formula is C18H31N3. The molecule has 0 amide bonds. The SMILES string of the molecule is CCCCN1CCCC[C@@H]1c1cccnc1NCC(C)C. The first-order valence-electron chi connectivity index (χ1n) is 8.65. The number of hydrogen-bond acceptors (Lipinski definition) is 3. The smallest absolute Gasteiger partial charge is 0.130 e. The van der Waals surface area contributed by atoms with Crippen LogP contribution in [0.25, 0.3) is 0 Å². The maximum atomic E-state index is 4.60. The number of pyridine rings is 1. The summed E-state index contributed by atoms with van der Waals surface area (Å²) in [4.78, 5) is 7.27. The van der Waals surface area contributed by atoms with E-state index in [0.29, 0.717) is 12.0 Å². The molecule has 3 nitrogen and oxygen atoms in total. The standard InChI is InChI=1S/C18H31N3/c1-4-5-12-21-13-7-6-10-17(21)16-9-8-11-19-18(16)20-14-15(2)3/h8-9,11,15,17H,4-7,10,12-14H2,1-3H3,(H,19,20)/t17-/m1/s1. The molecule has 1 fully saturated rings. The number of unbranched alkanes of at least 4 members (excludes halogenated alkanes) is 1. The zero-order valence-corrected chi connectivity index (χ0v) is 13.9. The van der Waals surface area contributed by atoms with Crippen LogP contribution in [0, 0.1) is 5.92 Å². The third-order valence-corrected chi connectivity index (χ3v) is 4.29. The summed E-state index contributed by atoms with van der Waals surface area (Å²) in [6.07, 6.45) is 8.43. The summed E-state index contributed by atoms with van der Waals surface area (Å²) >= 11 is 0. The monoisotopic (exact) mass is 289 g/mol. The Morgan fingerprint density at radius 2 is 2.24 bits per heavy atom. The van der Waals surface area contributed by atoms with E-state index < -0.39 is 0 Å². The van der Waals surface area contributed by atoms with Crippen LogP contribution in [0.5, 0.6) is 0 Å². The Morgan fingerprint density at radius 1 is 1.38 bits per heavy atom. The summed E-state index contributed by atoms with van der Waals surface area (Å²) in [6, 6.07) is 4.90. The molecule has 0 aliphatic carbocycles. The molecular weight excluding hydrogens is 258 g/mol. The molecule has 1 atom stereocenters. The first-order valence-corrected chi connectivity index (χ1v) is 8.65. The molecule has 1 saturated heterocycles. The Morgan fingerprint density at radius 3 is 3.00 bits per heavy atom. The van der Waals surface area contributed by atoms with Crippen molar-refractivity contribution in [2.24, 2.45) is 5.92 Å². The molecule has 0 aromatic carbocycles. The molecule has 118 valence electrons. The van der Waals surface area contributed by atoms with Gasteiger partial charge in [0, 0.05) is 24.3 Å². The van der Waals surface area contributed by atoms with Gasteiger partial charge in [-0.3, -0.25) is 4.90 Å². The number of anilines is 1. The maximum Gasteiger partial charge on any atom is 0.130 e. The van der Waals surface area contributed by atoms with Crippen LogP contribution in [0.3, 0.4) is 0 Å². The second kappa shape index (κ2) is 8.38. The molecule has 2 rings (SSSR count). The Labute approximate surface area is 130 Å². The molecule has 0 bridgehead atoms. The van der Waals surface area contributed by atoms with Crippen molar-refractivity contribution in [1.29, 1.82) is 0 Å². The number of nitrogens with zero attached hydrogens (tertiary/aromatic N) is 2. The van der Waals surface area contributed by atoms with Crippen molar-refractivity contribution < 1.29 is 0 Å². The summed E-state index contributed by atoms with van der Waals surface area (Å²) < 4.78 is 0. The lowest BCUT2D eigenvalue weighted by Crippen LogP contribution is -2.34. The number of piperidine rings is 1. The van der Waals surface area contributed by atoms with Crippen molar-refractivity contribution in [1.82, 2.24) is 9.88 Å². The molecule has 0 saturated carbocycles. The molecule has 1 aliphatic rings. The van der Waals surface area contributed by atoms with Gasteiger partial charge in [0.15, 0.2) is 0 Å². The van der Waals surface area contributed by atoms with Gasteiger partial charge in [0.25, 0.3) is 0 Å². The van der Waals surface area contributed by atoms with E-state index in [1.54, 1.807) is 0 Å². The summed E-state index contributed by atoms with van der Waals surface area (Å²) in [6.45, 7) is 10.2. The van der Waals surface area contributed by atoms with Gasteiger partial charge in [-0.05, 0) is 44.3 Å². The quantitative estimate of drug-likeness (QED) is 0.802. The highest BCUT2D eigenvalue weighted by Gasteiger charge is 2.25. The van der Waals surface area contributed by atoms with Crippen LogP contribution in [-0.4, -0.2) is 29.5 Å². The second-order valence-corrected chi connectivity index (χ2v) is 6.62. The van der Waals surface area contributed by atoms with Gasteiger partial charge in [0.2, 0.25) is 0 Å². The second-order valence-electron chi connectivity index (χ2n) is 6.62. The summed E-state index contributed by atoms with van der Waals surface area (Å²) in [5.74, 6) is 1.74. The Balaban J connectivity index is 2.13. The van der Waals surface area contributed by atoms with E-state index >= 15 is 0 Å².